The normalized spacial score (nSPS) is 14.2. The molecule has 0 radical (unpaired) electrons. The molecule has 1 atom stereocenters. The standard InChI is InChI=1S/C22H42O4Si4/c1-18(22(23)25-3)17-21(19-13-15-20(24-2)16-14-19)26-30(27(4,5)6,28(7,8)9)29(10,11)12/h13-16,21H,1,17H2,2-12H3. The summed E-state index contributed by atoms with van der Waals surface area (Å²) in [5.41, 5.74) is 1.54. The second kappa shape index (κ2) is 9.68. The number of methoxy groups -OCH3 is 2. The van der Waals surface area contributed by atoms with Crippen LogP contribution in [-0.4, -0.2) is 49.8 Å². The third kappa shape index (κ3) is 5.64. The van der Waals surface area contributed by atoms with E-state index in [0.717, 1.165) is 11.3 Å². The molecule has 0 N–H and O–H groups in total. The Morgan fingerprint density at radius 1 is 0.867 bits per heavy atom. The molecule has 1 rings (SSSR count). The van der Waals surface area contributed by atoms with Crippen molar-refractivity contribution < 1.29 is 18.7 Å². The van der Waals surface area contributed by atoms with Gasteiger partial charge in [-0.3, -0.25) is 0 Å². The van der Waals surface area contributed by atoms with E-state index in [1.807, 2.05) is 12.1 Å². The van der Waals surface area contributed by atoms with Crippen LogP contribution >= 0.6 is 0 Å². The molecule has 1 aromatic carbocycles. The maximum absolute atomic E-state index is 12.2. The number of ether oxygens (including phenoxy) is 2. The van der Waals surface area contributed by atoms with Crippen LogP contribution in [0.4, 0.5) is 0 Å². The highest BCUT2D eigenvalue weighted by molar-refractivity contribution is 7.87. The van der Waals surface area contributed by atoms with Crippen LogP contribution in [0.25, 0.3) is 0 Å². The second-order valence-corrected chi connectivity index (χ2v) is 50.5. The summed E-state index contributed by atoms with van der Waals surface area (Å²) in [6.07, 6.45) is 0.257. The zero-order valence-corrected chi connectivity index (χ0v) is 24.9. The van der Waals surface area contributed by atoms with Crippen LogP contribution in [0.5, 0.6) is 5.75 Å². The summed E-state index contributed by atoms with van der Waals surface area (Å²) in [7, 11) is -1.84. The molecule has 8 heteroatoms. The topological polar surface area (TPSA) is 44.8 Å². The lowest BCUT2D eigenvalue weighted by Gasteiger charge is -2.57. The maximum atomic E-state index is 12.2. The first-order chi connectivity index (χ1) is 13.5. The molecule has 0 aromatic heterocycles. The van der Waals surface area contributed by atoms with Crippen molar-refractivity contribution in [2.75, 3.05) is 14.2 Å². The van der Waals surface area contributed by atoms with E-state index in [1.54, 1.807) is 7.11 Å². The molecule has 170 valence electrons. The van der Waals surface area contributed by atoms with Crippen LogP contribution in [-0.2, 0) is 14.0 Å². The fourth-order valence-electron chi connectivity index (χ4n) is 5.62. The summed E-state index contributed by atoms with van der Waals surface area (Å²) in [6, 6.07) is 8.05. The van der Waals surface area contributed by atoms with Crippen molar-refractivity contribution >= 4 is 35.6 Å². The minimum atomic E-state index is -2.09. The van der Waals surface area contributed by atoms with Crippen molar-refractivity contribution in [1.29, 1.82) is 0 Å². The molecule has 1 aromatic rings. The molecular formula is C22H42O4Si4. The molecule has 0 aliphatic carbocycles. The van der Waals surface area contributed by atoms with Crippen molar-refractivity contribution in [2.45, 2.75) is 71.4 Å². The lowest BCUT2D eigenvalue weighted by Crippen LogP contribution is -2.84. The van der Waals surface area contributed by atoms with Crippen LogP contribution in [0.2, 0.25) is 58.9 Å². The minimum absolute atomic E-state index is 0.195. The summed E-state index contributed by atoms with van der Waals surface area (Å²) in [5.74, 6) is 0.451. The molecule has 0 aliphatic rings. The summed E-state index contributed by atoms with van der Waals surface area (Å²) in [4.78, 5) is 12.2. The highest BCUT2D eigenvalue weighted by Gasteiger charge is 2.64. The Morgan fingerprint density at radius 3 is 1.63 bits per heavy atom. The van der Waals surface area contributed by atoms with E-state index in [2.05, 4.69) is 77.6 Å². The molecule has 0 saturated carbocycles. The van der Waals surface area contributed by atoms with Gasteiger partial charge in [-0.1, -0.05) is 77.6 Å². The Kier molecular flexibility index (Phi) is 8.74. The van der Waals surface area contributed by atoms with Gasteiger partial charge in [-0.05, 0) is 17.7 Å². The molecule has 1 unspecified atom stereocenters. The average Bonchev–Trinajstić information content (AvgIpc) is 2.60. The maximum Gasteiger partial charge on any atom is 0.333 e. The van der Waals surface area contributed by atoms with Gasteiger partial charge in [0.05, 0.1) is 43.1 Å². The first-order valence-electron chi connectivity index (χ1n) is 10.6. The lowest BCUT2D eigenvalue weighted by atomic mass is 10.0. The molecule has 30 heavy (non-hydrogen) atoms. The summed E-state index contributed by atoms with van der Waals surface area (Å²) < 4.78 is 17.8. The van der Waals surface area contributed by atoms with E-state index in [9.17, 15) is 4.79 Å². The SMILES string of the molecule is C=C(CC(O[Si]([Si](C)(C)C)([Si](C)(C)C)[Si](C)(C)C)c1ccc(OC)cc1)C(=O)OC. The van der Waals surface area contributed by atoms with Gasteiger partial charge in [0.15, 0.2) is 6.87 Å². The number of benzene rings is 1. The van der Waals surface area contributed by atoms with Gasteiger partial charge in [0.1, 0.15) is 5.75 Å². The van der Waals surface area contributed by atoms with Crippen LogP contribution in [0, 0.1) is 0 Å². The van der Waals surface area contributed by atoms with E-state index in [4.69, 9.17) is 13.9 Å². The third-order valence-corrected chi connectivity index (χ3v) is 73.4. The highest BCUT2D eigenvalue weighted by atomic mass is 29.9. The highest BCUT2D eigenvalue weighted by Crippen LogP contribution is 2.42. The van der Waals surface area contributed by atoms with E-state index in [1.165, 1.54) is 7.11 Å². The molecule has 0 heterocycles. The molecule has 0 saturated heterocycles. The van der Waals surface area contributed by atoms with Gasteiger partial charge < -0.3 is 13.9 Å². The van der Waals surface area contributed by atoms with Gasteiger partial charge in [0.25, 0.3) is 0 Å². The lowest BCUT2D eigenvalue weighted by molar-refractivity contribution is -0.136. The van der Waals surface area contributed by atoms with Gasteiger partial charge in [0, 0.05) is 12.0 Å². The van der Waals surface area contributed by atoms with E-state index in [-0.39, 0.29) is 12.1 Å². The zero-order chi connectivity index (χ0) is 23.5. The Morgan fingerprint density at radius 2 is 1.30 bits per heavy atom. The first kappa shape index (κ1) is 27.1. The predicted octanol–water partition coefficient (Wildman–Crippen LogP) is 6.07. The molecular weight excluding hydrogens is 441 g/mol. The molecule has 0 bridgehead atoms. The molecule has 0 amide bonds. The molecule has 0 aliphatic heterocycles. The third-order valence-electron chi connectivity index (χ3n) is 5.88. The minimum Gasteiger partial charge on any atom is -0.497 e. The van der Waals surface area contributed by atoms with Crippen molar-refractivity contribution in [3.8, 4) is 5.75 Å². The number of hydrogen-bond donors (Lipinski definition) is 0. The van der Waals surface area contributed by atoms with Crippen molar-refractivity contribution in [2.24, 2.45) is 0 Å². The van der Waals surface area contributed by atoms with E-state index >= 15 is 0 Å². The number of carbonyl (C=O) groups excluding carboxylic acids is 1. The van der Waals surface area contributed by atoms with Crippen LogP contribution < -0.4 is 4.74 Å². The molecule has 4 nitrogen and oxygen atoms in total. The van der Waals surface area contributed by atoms with Crippen molar-refractivity contribution in [3.05, 3.63) is 42.0 Å². The Balaban J connectivity index is 3.63. The summed E-state index contributed by atoms with van der Waals surface area (Å²) in [5, 5.41) is 0. The monoisotopic (exact) mass is 482 g/mol. The summed E-state index contributed by atoms with van der Waals surface area (Å²) >= 11 is 0. The van der Waals surface area contributed by atoms with Gasteiger partial charge in [-0.25, -0.2) is 4.79 Å². The summed E-state index contributed by atoms with van der Waals surface area (Å²) in [6.45, 7) is 24.4. The Labute approximate surface area is 187 Å². The Hall–Kier alpha value is -0.942. The van der Waals surface area contributed by atoms with Gasteiger partial charge in [0.2, 0.25) is 0 Å². The van der Waals surface area contributed by atoms with Crippen LogP contribution in [0.3, 0.4) is 0 Å². The smallest absolute Gasteiger partial charge is 0.333 e. The van der Waals surface area contributed by atoms with Crippen LogP contribution in [0.1, 0.15) is 18.1 Å². The Bertz CT molecular complexity index is 704. The van der Waals surface area contributed by atoms with Gasteiger partial charge in [-0.15, -0.1) is 0 Å². The average molecular weight is 483 g/mol. The largest absolute Gasteiger partial charge is 0.497 e. The number of rotatable bonds is 10. The van der Waals surface area contributed by atoms with E-state index < -0.39 is 29.6 Å². The number of carbonyl (C=O) groups is 1. The van der Waals surface area contributed by atoms with Crippen molar-refractivity contribution in [1.82, 2.24) is 0 Å². The van der Waals surface area contributed by atoms with E-state index in [0.29, 0.717) is 12.0 Å². The zero-order valence-electron chi connectivity index (χ0n) is 20.9. The van der Waals surface area contributed by atoms with Gasteiger partial charge in [-0.2, -0.15) is 0 Å². The van der Waals surface area contributed by atoms with Gasteiger partial charge >= 0.3 is 5.97 Å². The first-order valence-corrected chi connectivity index (χ1v) is 26.0. The fraction of sp³-hybridized carbons (Fsp3) is 0.591. The predicted molar refractivity (Wildman–Crippen MR) is 138 cm³/mol. The fourth-order valence-corrected chi connectivity index (χ4v) is 99.5. The quantitative estimate of drug-likeness (QED) is 0.231. The molecule has 0 spiro atoms. The second-order valence-electron chi connectivity index (χ2n) is 11.1. The van der Waals surface area contributed by atoms with Crippen LogP contribution in [0.15, 0.2) is 36.4 Å². The number of hydrogen-bond acceptors (Lipinski definition) is 4. The number of esters is 1. The molecule has 0 fully saturated rings. The van der Waals surface area contributed by atoms with Crippen molar-refractivity contribution in [3.63, 3.8) is 0 Å².